The summed E-state index contributed by atoms with van der Waals surface area (Å²) in [4.78, 5) is 15.7. The second kappa shape index (κ2) is 5.97. The molecule has 0 aliphatic carbocycles. The first-order chi connectivity index (χ1) is 8.66. The van der Waals surface area contributed by atoms with Crippen LogP contribution in [0.25, 0.3) is 0 Å². The van der Waals surface area contributed by atoms with Gasteiger partial charge in [-0.05, 0) is 34.1 Å². The van der Waals surface area contributed by atoms with Crippen LogP contribution in [0.4, 0.5) is 0 Å². The van der Waals surface area contributed by atoms with Crippen LogP contribution in [0.5, 0.6) is 0 Å². The van der Waals surface area contributed by atoms with E-state index in [4.69, 9.17) is 11.6 Å². The quantitative estimate of drug-likeness (QED) is 0.935. The largest absolute Gasteiger partial charge is 0.352 e. The first-order valence-electron chi connectivity index (χ1n) is 5.15. The minimum atomic E-state index is -0.179. The molecule has 1 N–H and O–H groups in total. The molecule has 1 heterocycles. The van der Waals surface area contributed by atoms with Crippen molar-refractivity contribution in [3.8, 4) is 0 Å². The number of aromatic nitrogens is 2. The van der Waals surface area contributed by atoms with Crippen LogP contribution in [0, 0.1) is 0 Å². The third-order valence-electron chi connectivity index (χ3n) is 2.22. The summed E-state index contributed by atoms with van der Waals surface area (Å²) in [5.41, 5.74) is 0.535. The third-order valence-corrected chi connectivity index (χ3v) is 3.11. The highest BCUT2D eigenvalue weighted by molar-refractivity contribution is 9.10. The fraction of sp³-hybridized carbons (Fsp3) is 0.182. The number of rotatable bonds is 4. The zero-order valence-electron chi connectivity index (χ0n) is 9.19. The standard InChI is InChI=1S/C11H9BrClN3O2/c12-9-5-7(13)1-2-8(9)11(17)14-4-3-10-15-6-18-16-10/h1-2,5-6H,3-4H2,(H,14,17). The van der Waals surface area contributed by atoms with Crippen molar-refractivity contribution in [1.82, 2.24) is 15.5 Å². The van der Waals surface area contributed by atoms with Gasteiger partial charge in [0.05, 0.1) is 5.56 Å². The molecule has 1 aromatic carbocycles. The summed E-state index contributed by atoms with van der Waals surface area (Å²) >= 11 is 9.10. The lowest BCUT2D eigenvalue weighted by Gasteiger charge is -2.05. The Labute approximate surface area is 117 Å². The molecule has 1 amide bonds. The van der Waals surface area contributed by atoms with E-state index < -0.39 is 0 Å². The van der Waals surface area contributed by atoms with Crippen molar-refractivity contribution in [2.45, 2.75) is 6.42 Å². The topological polar surface area (TPSA) is 68.0 Å². The zero-order chi connectivity index (χ0) is 13.0. The van der Waals surface area contributed by atoms with Crippen LogP contribution in [0.15, 0.2) is 33.6 Å². The number of halogens is 2. The van der Waals surface area contributed by atoms with Crippen molar-refractivity contribution < 1.29 is 9.32 Å². The van der Waals surface area contributed by atoms with E-state index in [-0.39, 0.29) is 5.91 Å². The molecule has 2 aromatic rings. The lowest BCUT2D eigenvalue weighted by Crippen LogP contribution is -2.26. The van der Waals surface area contributed by atoms with Crippen molar-refractivity contribution in [3.63, 3.8) is 0 Å². The molecule has 0 bridgehead atoms. The molecule has 5 nitrogen and oxygen atoms in total. The predicted molar refractivity (Wildman–Crippen MR) is 69.5 cm³/mol. The van der Waals surface area contributed by atoms with Crippen molar-refractivity contribution in [2.75, 3.05) is 6.54 Å². The van der Waals surface area contributed by atoms with E-state index in [9.17, 15) is 4.79 Å². The van der Waals surface area contributed by atoms with Gasteiger partial charge >= 0.3 is 0 Å². The van der Waals surface area contributed by atoms with E-state index in [0.717, 1.165) is 0 Å². The Morgan fingerprint density at radius 2 is 2.33 bits per heavy atom. The minimum absolute atomic E-state index is 0.179. The molecule has 1 aromatic heterocycles. The van der Waals surface area contributed by atoms with Gasteiger partial charge in [0.25, 0.3) is 5.91 Å². The minimum Gasteiger partial charge on any atom is -0.352 e. The van der Waals surface area contributed by atoms with Gasteiger partial charge < -0.3 is 9.84 Å². The van der Waals surface area contributed by atoms with Gasteiger partial charge in [-0.1, -0.05) is 16.8 Å². The Hall–Kier alpha value is -1.40. The number of nitrogens with one attached hydrogen (secondary N) is 1. The number of carbonyl (C=O) groups excluding carboxylic acids is 1. The smallest absolute Gasteiger partial charge is 0.252 e. The monoisotopic (exact) mass is 329 g/mol. The average molecular weight is 331 g/mol. The highest BCUT2D eigenvalue weighted by atomic mass is 79.9. The second-order valence-electron chi connectivity index (χ2n) is 3.48. The molecule has 7 heteroatoms. The van der Waals surface area contributed by atoms with Crippen molar-refractivity contribution in [1.29, 1.82) is 0 Å². The molecule has 0 aliphatic heterocycles. The van der Waals surface area contributed by atoms with E-state index in [0.29, 0.717) is 33.8 Å². The fourth-order valence-corrected chi connectivity index (χ4v) is 2.22. The number of benzene rings is 1. The van der Waals surface area contributed by atoms with E-state index in [1.165, 1.54) is 6.39 Å². The van der Waals surface area contributed by atoms with E-state index >= 15 is 0 Å². The molecule has 2 rings (SSSR count). The summed E-state index contributed by atoms with van der Waals surface area (Å²) in [6.07, 6.45) is 1.78. The van der Waals surface area contributed by atoms with Gasteiger partial charge in [-0.15, -0.1) is 0 Å². The Morgan fingerprint density at radius 1 is 1.50 bits per heavy atom. The molecule has 0 saturated heterocycles. The molecule has 0 spiro atoms. The van der Waals surface area contributed by atoms with E-state index in [1.807, 2.05) is 0 Å². The third kappa shape index (κ3) is 3.30. The molecular weight excluding hydrogens is 321 g/mol. The van der Waals surface area contributed by atoms with Gasteiger partial charge in [0.15, 0.2) is 5.82 Å². The van der Waals surface area contributed by atoms with Crippen molar-refractivity contribution in [3.05, 3.63) is 45.5 Å². The number of hydrogen-bond acceptors (Lipinski definition) is 4. The predicted octanol–water partition coefficient (Wildman–Crippen LogP) is 2.46. The summed E-state index contributed by atoms with van der Waals surface area (Å²) < 4.78 is 5.25. The van der Waals surface area contributed by atoms with E-state index in [1.54, 1.807) is 18.2 Å². The fourth-order valence-electron chi connectivity index (χ4n) is 1.36. The maximum Gasteiger partial charge on any atom is 0.252 e. The summed E-state index contributed by atoms with van der Waals surface area (Å²) in [5, 5.41) is 6.99. The summed E-state index contributed by atoms with van der Waals surface area (Å²) in [6.45, 7) is 0.438. The van der Waals surface area contributed by atoms with Crippen molar-refractivity contribution >= 4 is 33.4 Å². The Kier molecular flexibility index (Phi) is 4.33. The first-order valence-corrected chi connectivity index (χ1v) is 6.32. The van der Waals surface area contributed by atoms with Crippen LogP contribution in [-0.2, 0) is 6.42 Å². The number of amides is 1. The average Bonchev–Trinajstić information content (AvgIpc) is 2.81. The lowest BCUT2D eigenvalue weighted by atomic mass is 10.2. The second-order valence-corrected chi connectivity index (χ2v) is 4.77. The molecular formula is C11H9BrClN3O2. The lowest BCUT2D eigenvalue weighted by molar-refractivity contribution is 0.0953. The van der Waals surface area contributed by atoms with Crippen LogP contribution < -0.4 is 5.32 Å². The molecule has 0 radical (unpaired) electrons. The van der Waals surface area contributed by atoms with Gasteiger partial charge in [-0.3, -0.25) is 4.79 Å². The van der Waals surface area contributed by atoms with Crippen LogP contribution in [0.3, 0.4) is 0 Å². The summed E-state index contributed by atoms with van der Waals surface area (Å²) in [7, 11) is 0. The number of carbonyl (C=O) groups is 1. The molecule has 94 valence electrons. The Bertz CT molecular complexity index is 545. The van der Waals surface area contributed by atoms with Gasteiger partial charge in [-0.25, -0.2) is 0 Å². The molecule has 0 aliphatic rings. The van der Waals surface area contributed by atoms with Gasteiger partial charge in [0.2, 0.25) is 6.39 Å². The molecule has 0 atom stereocenters. The Balaban J connectivity index is 1.91. The van der Waals surface area contributed by atoms with E-state index in [2.05, 4.69) is 35.9 Å². The SMILES string of the molecule is O=C(NCCc1ncon1)c1ccc(Cl)cc1Br. The highest BCUT2D eigenvalue weighted by Gasteiger charge is 2.10. The van der Waals surface area contributed by atoms with Gasteiger partial charge in [-0.2, -0.15) is 4.98 Å². The zero-order valence-corrected chi connectivity index (χ0v) is 11.5. The summed E-state index contributed by atoms with van der Waals surface area (Å²) in [6, 6.07) is 5.01. The first kappa shape index (κ1) is 13.0. The van der Waals surface area contributed by atoms with Crippen LogP contribution in [0.1, 0.15) is 16.2 Å². The number of hydrogen-bond donors (Lipinski definition) is 1. The van der Waals surface area contributed by atoms with Crippen molar-refractivity contribution in [2.24, 2.45) is 0 Å². The van der Waals surface area contributed by atoms with Gasteiger partial charge in [0.1, 0.15) is 0 Å². The maximum absolute atomic E-state index is 11.9. The summed E-state index contributed by atoms with van der Waals surface area (Å²) in [5.74, 6) is 0.382. The normalized spacial score (nSPS) is 10.3. The van der Waals surface area contributed by atoms with Crippen LogP contribution >= 0.6 is 27.5 Å². The Morgan fingerprint density at radius 3 is 3.00 bits per heavy atom. The molecule has 0 saturated carbocycles. The highest BCUT2D eigenvalue weighted by Crippen LogP contribution is 2.21. The molecule has 0 fully saturated rings. The van der Waals surface area contributed by atoms with Crippen LogP contribution in [0.2, 0.25) is 5.02 Å². The molecule has 0 unspecified atom stereocenters. The molecule has 18 heavy (non-hydrogen) atoms. The maximum atomic E-state index is 11.9. The number of nitrogens with zero attached hydrogens (tertiary/aromatic N) is 2. The van der Waals surface area contributed by atoms with Crippen LogP contribution in [-0.4, -0.2) is 22.6 Å². The van der Waals surface area contributed by atoms with Gasteiger partial charge in [0, 0.05) is 22.5 Å².